The maximum atomic E-state index is 14.5. The average molecular weight is 490 g/mol. The molecule has 0 fully saturated rings. The van der Waals surface area contributed by atoms with E-state index in [0.29, 0.717) is 22.2 Å². The van der Waals surface area contributed by atoms with E-state index < -0.39 is 21.7 Å². The molecular weight excluding hydrogens is 468 g/mol. The number of nitrogens with zero attached hydrogens (tertiary/aromatic N) is 2. The normalized spacial score (nSPS) is 11.8. The van der Waals surface area contributed by atoms with Gasteiger partial charge in [0.05, 0.1) is 4.90 Å². The minimum atomic E-state index is -4.04. The minimum Gasteiger partial charge on any atom is -0.399 e. The number of fused-ring (bicyclic) bond motifs is 1. The van der Waals surface area contributed by atoms with Crippen LogP contribution in [-0.4, -0.2) is 17.4 Å². The van der Waals surface area contributed by atoms with E-state index in [4.69, 9.17) is 5.73 Å². The fourth-order valence-corrected chi connectivity index (χ4v) is 5.43. The Labute approximate surface area is 201 Å². The summed E-state index contributed by atoms with van der Waals surface area (Å²) >= 11 is 0. The molecular formula is C27H21F2N3O2S. The summed E-state index contributed by atoms with van der Waals surface area (Å²) in [5, 5.41) is 0.439. The topological polar surface area (TPSA) is 78.0 Å². The first-order valence-electron chi connectivity index (χ1n) is 10.8. The highest BCUT2D eigenvalue weighted by Crippen LogP contribution is 2.37. The molecule has 2 N–H and O–H groups in total. The summed E-state index contributed by atoms with van der Waals surface area (Å²) in [4.78, 5) is 4.55. The maximum Gasteiger partial charge on any atom is 0.269 e. The molecule has 5 nitrogen and oxygen atoms in total. The van der Waals surface area contributed by atoms with Crippen molar-refractivity contribution in [1.29, 1.82) is 0 Å². The molecule has 0 aliphatic rings. The van der Waals surface area contributed by atoms with Crippen molar-refractivity contribution >= 4 is 26.7 Å². The largest absolute Gasteiger partial charge is 0.399 e. The Bertz CT molecular complexity index is 1710. The van der Waals surface area contributed by atoms with Crippen LogP contribution in [0, 0.1) is 25.5 Å². The van der Waals surface area contributed by atoms with Gasteiger partial charge in [-0.15, -0.1) is 0 Å². The molecule has 0 aliphatic carbocycles. The predicted octanol–water partition coefficient (Wildman–Crippen LogP) is 6.08. The Balaban J connectivity index is 1.82. The smallest absolute Gasteiger partial charge is 0.269 e. The molecule has 0 bridgehead atoms. The van der Waals surface area contributed by atoms with Crippen LogP contribution < -0.4 is 5.73 Å². The van der Waals surface area contributed by atoms with Crippen molar-refractivity contribution in [1.82, 2.24) is 8.96 Å². The summed E-state index contributed by atoms with van der Waals surface area (Å²) < 4.78 is 56.9. The molecule has 0 unspecified atom stereocenters. The van der Waals surface area contributed by atoms with Gasteiger partial charge in [0.2, 0.25) is 0 Å². The van der Waals surface area contributed by atoms with Crippen molar-refractivity contribution in [3.05, 3.63) is 102 Å². The van der Waals surface area contributed by atoms with Crippen molar-refractivity contribution in [2.45, 2.75) is 18.7 Å². The summed E-state index contributed by atoms with van der Waals surface area (Å²) in [5.74, 6) is -1.48. The summed E-state index contributed by atoms with van der Waals surface area (Å²) in [7, 11) is -4.04. The van der Waals surface area contributed by atoms with E-state index in [1.807, 2.05) is 13.0 Å². The van der Waals surface area contributed by atoms with Crippen LogP contribution >= 0.6 is 0 Å². The Morgan fingerprint density at radius 3 is 2.34 bits per heavy atom. The lowest BCUT2D eigenvalue weighted by molar-refractivity contribution is 0.578. The van der Waals surface area contributed by atoms with Gasteiger partial charge in [-0.25, -0.2) is 26.2 Å². The second-order valence-electron chi connectivity index (χ2n) is 8.44. The molecule has 35 heavy (non-hydrogen) atoms. The Morgan fingerprint density at radius 2 is 1.63 bits per heavy atom. The van der Waals surface area contributed by atoms with Crippen LogP contribution in [-0.2, 0) is 10.0 Å². The molecule has 8 heteroatoms. The molecule has 0 radical (unpaired) electrons. The molecule has 0 amide bonds. The summed E-state index contributed by atoms with van der Waals surface area (Å²) in [6.45, 7) is 3.39. The summed E-state index contributed by atoms with van der Waals surface area (Å²) in [5.41, 5.74) is 9.82. The third-order valence-electron chi connectivity index (χ3n) is 6.01. The molecule has 5 aromatic rings. The number of aromatic nitrogens is 2. The Morgan fingerprint density at radius 1 is 0.886 bits per heavy atom. The van der Waals surface area contributed by atoms with Crippen molar-refractivity contribution in [3.63, 3.8) is 0 Å². The number of hydrogen-bond donors (Lipinski definition) is 1. The molecule has 0 saturated carbocycles. The van der Waals surface area contributed by atoms with E-state index in [1.165, 1.54) is 31.3 Å². The minimum absolute atomic E-state index is 0.0791. The molecule has 2 aromatic heterocycles. The molecule has 0 aliphatic heterocycles. The van der Waals surface area contributed by atoms with E-state index in [-0.39, 0.29) is 21.7 Å². The molecule has 0 atom stereocenters. The third kappa shape index (κ3) is 3.95. The van der Waals surface area contributed by atoms with Crippen molar-refractivity contribution in [2.75, 3.05) is 5.73 Å². The van der Waals surface area contributed by atoms with Gasteiger partial charge >= 0.3 is 0 Å². The van der Waals surface area contributed by atoms with Gasteiger partial charge in [-0.3, -0.25) is 0 Å². The first kappa shape index (κ1) is 22.7. The number of nitrogens with two attached hydrogens (primary N) is 1. The van der Waals surface area contributed by atoms with E-state index in [9.17, 15) is 17.2 Å². The van der Waals surface area contributed by atoms with Crippen LogP contribution in [0.25, 0.3) is 33.3 Å². The molecule has 2 heterocycles. The molecule has 5 rings (SSSR count). The Hall–Kier alpha value is -4.04. The zero-order chi connectivity index (χ0) is 24.9. The highest BCUT2D eigenvalue weighted by atomic mass is 32.2. The second-order valence-corrected chi connectivity index (χ2v) is 10.3. The number of pyridine rings is 1. The monoisotopic (exact) mass is 489 g/mol. The SMILES string of the molecule is Cc1ccc(S(=O)(=O)n2cc(-c3cc(F)cc(F)c3C)c3cc(-c4cccc(N)c4)cnc32)cc1. The van der Waals surface area contributed by atoms with E-state index in [0.717, 1.165) is 21.2 Å². The fraction of sp³-hybridized carbons (Fsp3) is 0.0741. The van der Waals surface area contributed by atoms with Crippen LogP contribution in [0.2, 0.25) is 0 Å². The van der Waals surface area contributed by atoms with Crippen LogP contribution in [0.15, 0.2) is 84.0 Å². The lowest BCUT2D eigenvalue weighted by atomic mass is 9.98. The van der Waals surface area contributed by atoms with Crippen molar-refractivity contribution in [2.24, 2.45) is 0 Å². The second kappa shape index (κ2) is 8.32. The predicted molar refractivity (Wildman–Crippen MR) is 133 cm³/mol. The molecule has 0 saturated heterocycles. The first-order chi connectivity index (χ1) is 16.6. The van der Waals surface area contributed by atoms with Crippen molar-refractivity contribution in [3.8, 4) is 22.3 Å². The number of nitrogen functional groups attached to an aromatic ring is 1. The van der Waals surface area contributed by atoms with Gasteiger partial charge in [-0.05, 0) is 66.9 Å². The van der Waals surface area contributed by atoms with Crippen LogP contribution in [0.1, 0.15) is 11.1 Å². The number of hydrogen-bond acceptors (Lipinski definition) is 4. The lowest BCUT2D eigenvalue weighted by Crippen LogP contribution is -2.12. The first-order valence-corrected chi connectivity index (χ1v) is 12.2. The van der Waals surface area contributed by atoms with Gasteiger partial charge in [0.15, 0.2) is 5.65 Å². The highest BCUT2D eigenvalue weighted by molar-refractivity contribution is 7.90. The zero-order valence-corrected chi connectivity index (χ0v) is 19.8. The van der Waals surface area contributed by atoms with Gasteiger partial charge in [0.1, 0.15) is 11.6 Å². The molecule has 0 spiro atoms. The maximum absolute atomic E-state index is 14.5. The van der Waals surface area contributed by atoms with Crippen molar-refractivity contribution < 1.29 is 17.2 Å². The summed E-state index contributed by atoms with van der Waals surface area (Å²) in [6.07, 6.45) is 2.93. The van der Waals surface area contributed by atoms with Gasteiger partial charge in [0, 0.05) is 40.7 Å². The number of rotatable bonds is 4. The number of aryl methyl sites for hydroxylation is 1. The molecule has 176 valence electrons. The van der Waals surface area contributed by atoms with Crippen LogP contribution in [0.3, 0.4) is 0 Å². The third-order valence-corrected chi connectivity index (χ3v) is 7.67. The lowest BCUT2D eigenvalue weighted by Gasteiger charge is -2.08. The zero-order valence-electron chi connectivity index (χ0n) is 19.0. The number of anilines is 1. The summed E-state index contributed by atoms with van der Waals surface area (Å²) in [6, 6.07) is 17.4. The van der Waals surface area contributed by atoms with Gasteiger partial charge in [-0.1, -0.05) is 29.8 Å². The standard InChI is InChI=1S/C27H21F2N3O2S/c1-16-6-8-22(9-7-16)35(33,34)32-15-25(23-12-20(28)13-26(29)17(23)2)24-11-19(14-31-27(24)32)18-4-3-5-21(30)10-18/h3-15H,30H2,1-2H3. The van der Waals surface area contributed by atoms with Crippen LogP contribution in [0.4, 0.5) is 14.5 Å². The van der Waals surface area contributed by atoms with E-state index in [2.05, 4.69) is 4.98 Å². The van der Waals surface area contributed by atoms with E-state index in [1.54, 1.807) is 42.6 Å². The van der Waals surface area contributed by atoms with E-state index >= 15 is 0 Å². The van der Waals surface area contributed by atoms with Gasteiger partial charge in [0.25, 0.3) is 10.0 Å². The van der Waals surface area contributed by atoms with Gasteiger partial charge < -0.3 is 5.73 Å². The number of halogens is 2. The van der Waals surface area contributed by atoms with Gasteiger partial charge in [-0.2, -0.15) is 0 Å². The number of benzene rings is 3. The fourth-order valence-electron chi connectivity index (χ4n) is 4.10. The quantitative estimate of drug-likeness (QED) is 0.310. The Kier molecular flexibility index (Phi) is 5.40. The highest BCUT2D eigenvalue weighted by Gasteiger charge is 2.24. The average Bonchev–Trinajstić information content (AvgIpc) is 3.21. The van der Waals surface area contributed by atoms with Crippen LogP contribution in [0.5, 0.6) is 0 Å². The molecule has 3 aromatic carbocycles.